The van der Waals surface area contributed by atoms with Crippen molar-refractivity contribution in [3.05, 3.63) is 42.5 Å². The molecule has 0 radical (unpaired) electrons. The molecule has 0 amide bonds. The fourth-order valence-electron chi connectivity index (χ4n) is 5.27. The highest BCUT2D eigenvalue weighted by atomic mass is 16.3. The van der Waals surface area contributed by atoms with Gasteiger partial charge < -0.3 is 10.4 Å². The summed E-state index contributed by atoms with van der Waals surface area (Å²) in [7, 11) is 0. The van der Waals surface area contributed by atoms with E-state index >= 15 is 0 Å². The van der Waals surface area contributed by atoms with Gasteiger partial charge >= 0.3 is 0 Å². The van der Waals surface area contributed by atoms with Crippen LogP contribution in [0, 0.1) is 0 Å². The zero-order valence-corrected chi connectivity index (χ0v) is 15.6. The number of nitrogens with zero attached hydrogens (tertiary/aromatic N) is 4. The molecule has 142 valence electrons. The first-order valence-corrected chi connectivity index (χ1v) is 10.2. The Balaban J connectivity index is 1.26. The van der Waals surface area contributed by atoms with Crippen molar-refractivity contribution in [1.82, 2.24) is 25.2 Å². The Bertz CT molecular complexity index is 773. The molecule has 3 aliphatic rings. The molecule has 4 heterocycles. The molecule has 1 saturated carbocycles. The molecule has 2 aromatic rings. The second-order valence-electron chi connectivity index (χ2n) is 8.21. The molecule has 1 aliphatic carbocycles. The van der Waals surface area contributed by atoms with Gasteiger partial charge in [-0.1, -0.05) is 0 Å². The van der Waals surface area contributed by atoms with Crippen molar-refractivity contribution >= 4 is 0 Å². The molecule has 0 aromatic carbocycles. The maximum absolute atomic E-state index is 11.2. The lowest BCUT2D eigenvalue weighted by Gasteiger charge is -2.41. The Morgan fingerprint density at radius 2 is 1.85 bits per heavy atom. The molecule has 2 unspecified atom stereocenters. The lowest BCUT2D eigenvalue weighted by molar-refractivity contribution is -0.0301. The molecule has 5 rings (SSSR count). The largest absolute Gasteiger partial charge is 0.384 e. The lowest BCUT2D eigenvalue weighted by atomic mass is 9.79. The van der Waals surface area contributed by atoms with Gasteiger partial charge in [0.2, 0.25) is 0 Å². The number of aromatic nitrogens is 3. The van der Waals surface area contributed by atoms with Crippen molar-refractivity contribution in [2.24, 2.45) is 0 Å². The molecular weight excluding hydrogens is 338 g/mol. The quantitative estimate of drug-likeness (QED) is 0.868. The van der Waals surface area contributed by atoms with E-state index in [9.17, 15) is 5.11 Å². The van der Waals surface area contributed by atoms with E-state index in [1.54, 1.807) is 24.7 Å². The smallest absolute Gasteiger partial charge is 0.160 e. The zero-order valence-electron chi connectivity index (χ0n) is 15.6. The number of hydrogen-bond donors (Lipinski definition) is 2. The second-order valence-corrected chi connectivity index (χ2v) is 8.21. The lowest BCUT2D eigenvalue weighted by Crippen LogP contribution is -2.46. The summed E-state index contributed by atoms with van der Waals surface area (Å²) in [5.41, 5.74) is 0.857. The van der Waals surface area contributed by atoms with E-state index in [1.807, 2.05) is 12.1 Å². The van der Waals surface area contributed by atoms with Crippen molar-refractivity contribution in [1.29, 1.82) is 0 Å². The molecule has 27 heavy (non-hydrogen) atoms. The fraction of sp³-hybridized carbons (Fsp3) is 0.571. The van der Waals surface area contributed by atoms with E-state index in [0.29, 0.717) is 23.9 Å². The van der Waals surface area contributed by atoms with Crippen LogP contribution >= 0.6 is 0 Å². The van der Waals surface area contributed by atoms with Gasteiger partial charge in [0.15, 0.2) is 5.82 Å². The molecule has 6 heteroatoms. The van der Waals surface area contributed by atoms with E-state index in [1.165, 1.54) is 19.4 Å². The summed E-state index contributed by atoms with van der Waals surface area (Å²) in [6.07, 6.45) is 11.5. The van der Waals surface area contributed by atoms with E-state index in [2.05, 4.69) is 25.2 Å². The number of aliphatic hydroxyl groups is 1. The molecule has 3 fully saturated rings. The van der Waals surface area contributed by atoms with Crippen LogP contribution in [-0.4, -0.2) is 56.2 Å². The van der Waals surface area contributed by atoms with E-state index in [-0.39, 0.29) is 0 Å². The Morgan fingerprint density at radius 1 is 1.04 bits per heavy atom. The number of rotatable bonds is 3. The summed E-state index contributed by atoms with van der Waals surface area (Å²) in [6, 6.07) is 7.73. The SMILES string of the molecule is OC1(c2ccc(-c3ncccn3)cn2)CCC(N2CCC3NCCC32)CC1. The minimum Gasteiger partial charge on any atom is -0.384 e. The molecule has 2 aliphatic heterocycles. The van der Waals surface area contributed by atoms with E-state index in [0.717, 1.165) is 43.5 Å². The van der Waals surface area contributed by atoms with Crippen LogP contribution in [0.5, 0.6) is 0 Å². The summed E-state index contributed by atoms with van der Waals surface area (Å²) < 4.78 is 0. The van der Waals surface area contributed by atoms with Gasteiger partial charge in [-0.3, -0.25) is 9.88 Å². The maximum atomic E-state index is 11.2. The van der Waals surface area contributed by atoms with Gasteiger partial charge in [-0.2, -0.15) is 0 Å². The molecule has 6 nitrogen and oxygen atoms in total. The minimum atomic E-state index is -0.806. The molecular formula is C21H27N5O. The summed E-state index contributed by atoms with van der Waals surface area (Å²) in [5.74, 6) is 0.668. The average Bonchev–Trinajstić information content (AvgIpc) is 3.34. The topological polar surface area (TPSA) is 74.2 Å². The fourth-order valence-corrected chi connectivity index (χ4v) is 5.27. The van der Waals surface area contributed by atoms with Crippen LogP contribution in [0.3, 0.4) is 0 Å². The van der Waals surface area contributed by atoms with E-state index in [4.69, 9.17) is 0 Å². The van der Waals surface area contributed by atoms with Gasteiger partial charge in [0.25, 0.3) is 0 Å². The third-order valence-corrected chi connectivity index (χ3v) is 6.75. The second kappa shape index (κ2) is 6.93. The highest BCUT2D eigenvalue weighted by Gasteiger charge is 2.44. The predicted molar refractivity (Wildman–Crippen MR) is 103 cm³/mol. The first-order valence-electron chi connectivity index (χ1n) is 10.2. The van der Waals surface area contributed by atoms with Crippen LogP contribution in [-0.2, 0) is 5.60 Å². The van der Waals surface area contributed by atoms with Gasteiger partial charge in [-0.05, 0) is 63.3 Å². The minimum absolute atomic E-state index is 0.608. The van der Waals surface area contributed by atoms with Gasteiger partial charge in [0, 0.05) is 48.8 Å². The first-order chi connectivity index (χ1) is 13.2. The standard InChI is InChI=1S/C21H27N5O/c27-21(19-3-2-15(14-25-19)20-23-10-1-11-24-20)8-4-16(5-9-21)26-13-7-17-18(26)6-12-22-17/h1-3,10-11,14,16-18,22,27H,4-9,12-13H2. The van der Waals surface area contributed by atoms with Crippen LogP contribution in [0.4, 0.5) is 0 Å². The van der Waals surface area contributed by atoms with Gasteiger partial charge in [0.05, 0.1) is 5.69 Å². The monoisotopic (exact) mass is 365 g/mol. The first kappa shape index (κ1) is 17.2. The number of nitrogens with one attached hydrogen (secondary N) is 1. The molecule has 0 bridgehead atoms. The maximum Gasteiger partial charge on any atom is 0.160 e. The Hall–Kier alpha value is -1.89. The molecule has 2 aromatic heterocycles. The van der Waals surface area contributed by atoms with Crippen LogP contribution in [0.25, 0.3) is 11.4 Å². The number of pyridine rings is 1. The number of likely N-dealkylation sites (tertiary alicyclic amines) is 1. The van der Waals surface area contributed by atoms with Crippen molar-refractivity contribution in [2.75, 3.05) is 13.1 Å². The Kier molecular flexibility index (Phi) is 4.42. The summed E-state index contributed by atoms with van der Waals surface area (Å²) in [6.45, 7) is 2.36. The molecule has 2 atom stereocenters. The van der Waals surface area contributed by atoms with Crippen LogP contribution in [0.15, 0.2) is 36.8 Å². The van der Waals surface area contributed by atoms with Crippen LogP contribution in [0.1, 0.15) is 44.2 Å². The number of fused-ring (bicyclic) bond motifs is 1. The zero-order chi connectivity index (χ0) is 18.3. The highest BCUT2D eigenvalue weighted by molar-refractivity contribution is 5.53. The van der Waals surface area contributed by atoms with Gasteiger partial charge in [-0.15, -0.1) is 0 Å². The molecule has 2 saturated heterocycles. The Morgan fingerprint density at radius 3 is 2.59 bits per heavy atom. The normalized spacial score (nSPS) is 33.9. The summed E-state index contributed by atoms with van der Waals surface area (Å²) in [4.78, 5) is 15.8. The third kappa shape index (κ3) is 3.16. The Labute approximate surface area is 160 Å². The predicted octanol–water partition coefficient (Wildman–Crippen LogP) is 2.10. The van der Waals surface area contributed by atoms with Crippen molar-refractivity contribution in [3.63, 3.8) is 0 Å². The summed E-state index contributed by atoms with van der Waals surface area (Å²) >= 11 is 0. The van der Waals surface area contributed by atoms with Gasteiger partial charge in [0.1, 0.15) is 5.60 Å². The molecule has 0 spiro atoms. The van der Waals surface area contributed by atoms with Crippen molar-refractivity contribution in [2.45, 2.75) is 62.3 Å². The highest BCUT2D eigenvalue weighted by Crippen LogP contribution is 2.40. The van der Waals surface area contributed by atoms with Crippen molar-refractivity contribution < 1.29 is 5.11 Å². The van der Waals surface area contributed by atoms with Crippen LogP contribution in [0.2, 0.25) is 0 Å². The van der Waals surface area contributed by atoms with Crippen molar-refractivity contribution in [3.8, 4) is 11.4 Å². The summed E-state index contributed by atoms with van der Waals surface area (Å²) in [5, 5.41) is 14.9. The van der Waals surface area contributed by atoms with Crippen LogP contribution < -0.4 is 5.32 Å². The van der Waals surface area contributed by atoms with Gasteiger partial charge in [-0.25, -0.2) is 9.97 Å². The third-order valence-electron chi connectivity index (χ3n) is 6.75. The number of hydrogen-bond acceptors (Lipinski definition) is 6. The van der Waals surface area contributed by atoms with E-state index < -0.39 is 5.60 Å². The average molecular weight is 365 g/mol. The molecule has 2 N–H and O–H groups in total.